The van der Waals surface area contributed by atoms with Crippen molar-refractivity contribution in [3.05, 3.63) is 18.2 Å². The minimum atomic E-state index is 0.147. The van der Waals surface area contributed by atoms with Crippen molar-refractivity contribution in [2.24, 2.45) is 0 Å². The topological polar surface area (TPSA) is 24.5 Å². The Morgan fingerprint density at radius 2 is 2.19 bits per heavy atom. The molecule has 0 saturated carbocycles. The van der Waals surface area contributed by atoms with Crippen LogP contribution in [0.4, 0.5) is 11.4 Å². The van der Waals surface area contributed by atoms with Crippen LogP contribution in [0.2, 0.25) is 0 Å². The smallest absolute Gasteiger partial charge is 0.144 e. The maximum atomic E-state index is 5.38. The predicted octanol–water partition coefficient (Wildman–Crippen LogP) is 2.73. The van der Waals surface area contributed by atoms with Crippen molar-refractivity contribution >= 4 is 11.4 Å². The molecule has 3 heteroatoms. The number of nitrogens with zero attached hydrogens (tertiary/aromatic N) is 1. The summed E-state index contributed by atoms with van der Waals surface area (Å²) in [6.45, 7) is 8.65. The van der Waals surface area contributed by atoms with E-state index in [0.717, 1.165) is 24.5 Å². The van der Waals surface area contributed by atoms with E-state index < -0.39 is 0 Å². The lowest BCUT2D eigenvalue weighted by Gasteiger charge is -2.45. The predicted molar refractivity (Wildman–Crippen MR) is 68.6 cm³/mol. The van der Waals surface area contributed by atoms with Gasteiger partial charge < -0.3 is 15.0 Å². The van der Waals surface area contributed by atoms with Crippen LogP contribution >= 0.6 is 0 Å². The third-order valence-corrected chi connectivity index (χ3v) is 3.26. The van der Waals surface area contributed by atoms with E-state index in [1.165, 1.54) is 5.69 Å². The Bertz CT molecular complexity index is 388. The normalized spacial score (nSPS) is 17.6. The maximum absolute atomic E-state index is 5.38. The number of nitrogens with one attached hydrogen (secondary N) is 1. The highest BCUT2D eigenvalue weighted by molar-refractivity contribution is 5.79. The van der Waals surface area contributed by atoms with Crippen molar-refractivity contribution in [2.45, 2.75) is 26.3 Å². The van der Waals surface area contributed by atoms with Gasteiger partial charge in [0, 0.05) is 13.1 Å². The Balaban J connectivity index is 2.50. The second kappa shape index (κ2) is 3.89. The zero-order valence-corrected chi connectivity index (χ0v) is 10.5. The molecular formula is C13H20N2O. The Labute approximate surface area is 97.4 Å². The SMILES string of the molecule is CCN1c2cccc(OC)c2NCC1(C)C. The monoisotopic (exact) mass is 220 g/mol. The first-order chi connectivity index (χ1) is 7.60. The second-order valence-corrected chi connectivity index (χ2v) is 4.76. The van der Waals surface area contributed by atoms with Crippen LogP contribution < -0.4 is 15.0 Å². The van der Waals surface area contributed by atoms with Gasteiger partial charge in [0.25, 0.3) is 0 Å². The molecule has 0 fully saturated rings. The average Bonchev–Trinajstić information content (AvgIpc) is 2.27. The van der Waals surface area contributed by atoms with E-state index in [-0.39, 0.29) is 5.54 Å². The molecule has 1 aromatic carbocycles. The van der Waals surface area contributed by atoms with Crippen molar-refractivity contribution in [2.75, 3.05) is 30.4 Å². The summed E-state index contributed by atoms with van der Waals surface area (Å²) >= 11 is 0. The first-order valence-electron chi connectivity index (χ1n) is 5.78. The molecule has 88 valence electrons. The van der Waals surface area contributed by atoms with Crippen molar-refractivity contribution in [3.8, 4) is 5.75 Å². The molecule has 0 aromatic heterocycles. The van der Waals surface area contributed by atoms with E-state index in [1.54, 1.807) is 7.11 Å². The number of hydrogen-bond donors (Lipinski definition) is 1. The highest BCUT2D eigenvalue weighted by Crippen LogP contribution is 2.41. The summed E-state index contributed by atoms with van der Waals surface area (Å²) in [5.41, 5.74) is 2.50. The van der Waals surface area contributed by atoms with Crippen LogP contribution in [0.5, 0.6) is 5.75 Å². The van der Waals surface area contributed by atoms with Crippen molar-refractivity contribution in [1.29, 1.82) is 0 Å². The van der Waals surface area contributed by atoms with E-state index in [4.69, 9.17) is 4.74 Å². The fourth-order valence-corrected chi connectivity index (χ4v) is 2.42. The average molecular weight is 220 g/mol. The summed E-state index contributed by atoms with van der Waals surface area (Å²) in [5.74, 6) is 0.923. The number of rotatable bonds is 2. The summed E-state index contributed by atoms with van der Waals surface area (Å²) in [6, 6.07) is 6.19. The second-order valence-electron chi connectivity index (χ2n) is 4.76. The van der Waals surface area contributed by atoms with Crippen LogP contribution in [0.25, 0.3) is 0 Å². The quantitative estimate of drug-likeness (QED) is 0.829. The lowest BCUT2D eigenvalue weighted by molar-refractivity contribution is 0.412. The molecule has 0 saturated heterocycles. The van der Waals surface area contributed by atoms with Crippen LogP contribution in [0, 0.1) is 0 Å². The molecule has 0 unspecified atom stereocenters. The molecule has 1 aliphatic heterocycles. The molecule has 0 spiro atoms. The molecule has 1 heterocycles. The Kier molecular flexibility index (Phi) is 2.70. The van der Waals surface area contributed by atoms with E-state index in [0.29, 0.717) is 0 Å². The van der Waals surface area contributed by atoms with Crippen molar-refractivity contribution in [1.82, 2.24) is 0 Å². The zero-order chi connectivity index (χ0) is 11.8. The van der Waals surface area contributed by atoms with Gasteiger partial charge in [0.1, 0.15) is 11.4 Å². The number of anilines is 2. The van der Waals surface area contributed by atoms with E-state index in [9.17, 15) is 0 Å². The molecule has 0 aliphatic carbocycles. The minimum absolute atomic E-state index is 0.147. The minimum Gasteiger partial charge on any atom is -0.495 e. The number of hydrogen-bond acceptors (Lipinski definition) is 3. The molecule has 3 nitrogen and oxygen atoms in total. The fourth-order valence-electron chi connectivity index (χ4n) is 2.42. The molecule has 0 bridgehead atoms. The zero-order valence-electron chi connectivity index (χ0n) is 10.5. The van der Waals surface area contributed by atoms with E-state index >= 15 is 0 Å². The molecule has 0 atom stereocenters. The van der Waals surface area contributed by atoms with Gasteiger partial charge in [0.2, 0.25) is 0 Å². The van der Waals surface area contributed by atoms with Crippen molar-refractivity contribution in [3.63, 3.8) is 0 Å². The lowest BCUT2D eigenvalue weighted by Crippen LogP contribution is -2.52. The van der Waals surface area contributed by atoms with E-state index in [2.05, 4.69) is 37.1 Å². The van der Waals surface area contributed by atoms with Gasteiger partial charge in [0.15, 0.2) is 0 Å². The van der Waals surface area contributed by atoms with Crippen LogP contribution in [0.3, 0.4) is 0 Å². The highest BCUT2D eigenvalue weighted by Gasteiger charge is 2.32. The number of ether oxygens (including phenoxy) is 1. The molecular weight excluding hydrogens is 200 g/mol. The third-order valence-electron chi connectivity index (χ3n) is 3.26. The summed E-state index contributed by atoms with van der Waals surface area (Å²) in [6.07, 6.45) is 0. The lowest BCUT2D eigenvalue weighted by atomic mass is 9.97. The number of methoxy groups -OCH3 is 1. The van der Waals surface area contributed by atoms with Gasteiger partial charge in [-0.3, -0.25) is 0 Å². The number of likely N-dealkylation sites (N-methyl/N-ethyl adjacent to an activating group) is 1. The molecule has 2 rings (SSSR count). The van der Waals surface area contributed by atoms with Gasteiger partial charge in [-0.05, 0) is 32.9 Å². The highest BCUT2D eigenvalue weighted by atomic mass is 16.5. The fraction of sp³-hybridized carbons (Fsp3) is 0.538. The largest absolute Gasteiger partial charge is 0.495 e. The van der Waals surface area contributed by atoms with Gasteiger partial charge in [0.05, 0.1) is 18.3 Å². The Hall–Kier alpha value is -1.38. The van der Waals surface area contributed by atoms with Gasteiger partial charge >= 0.3 is 0 Å². The van der Waals surface area contributed by atoms with Crippen molar-refractivity contribution < 1.29 is 4.74 Å². The van der Waals surface area contributed by atoms with Gasteiger partial charge in [-0.2, -0.15) is 0 Å². The summed E-state index contributed by atoms with van der Waals surface area (Å²) in [5, 5.41) is 3.47. The molecule has 0 amide bonds. The first-order valence-corrected chi connectivity index (χ1v) is 5.78. The van der Waals surface area contributed by atoms with Gasteiger partial charge in [-0.1, -0.05) is 6.07 Å². The van der Waals surface area contributed by atoms with Crippen LogP contribution in [0.15, 0.2) is 18.2 Å². The number of benzene rings is 1. The third kappa shape index (κ3) is 1.60. The number of fused-ring (bicyclic) bond motifs is 1. The van der Waals surface area contributed by atoms with Crippen LogP contribution in [-0.2, 0) is 0 Å². The Morgan fingerprint density at radius 3 is 2.81 bits per heavy atom. The summed E-state index contributed by atoms with van der Waals surface area (Å²) in [4.78, 5) is 2.42. The number of para-hydroxylation sites is 1. The summed E-state index contributed by atoms with van der Waals surface area (Å²) in [7, 11) is 1.72. The Morgan fingerprint density at radius 1 is 1.44 bits per heavy atom. The van der Waals surface area contributed by atoms with E-state index in [1.807, 2.05) is 12.1 Å². The van der Waals surface area contributed by atoms with Crippen LogP contribution in [-0.4, -0.2) is 25.7 Å². The summed E-state index contributed by atoms with van der Waals surface area (Å²) < 4.78 is 5.38. The maximum Gasteiger partial charge on any atom is 0.144 e. The molecule has 1 aromatic rings. The molecule has 1 N–H and O–H groups in total. The first kappa shape index (κ1) is 11.1. The standard InChI is InChI=1S/C13H20N2O/c1-5-15-10-7-6-8-11(16-4)12(10)14-9-13(15,2)3/h6-8,14H,5,9H2,1-4H3. The van der Waals surface area contributed by atoms with Crippen LogP contribution in [0.1, 0.15) is 20.8 Å². The van der Waals surface area contributed by atoms with Gasteiger partial charge in [-0.25, -0.2) is 0 Å². The van der Waals surface area contributed by atoms with Gasteiger partial charge in [-0.15, -0.1) is 0 Å². The molecule has 16 heavy (non-hydrogen) atoms. The molecule has 0 radical (unpaired) electrons. The molecule has 1 aliphatic rings.